The van der Waals surface area contributed by atoms with Gasteiger partial charge in [0.1, 0.15) is 5.82 Å². The Morgan fingerprint density at radius 2 is 1.93 bits per heavy atom. The van der Waals surface area contributed by atoms with E-state index < -0.39 is 15.6 Å². The van der Waals surface area contributed by atoms with Gasteiger partial charge in [0, 0.05) is 31.2 Å². The zero-order chi connectivity index (χ0) is 19.8. The molecule has 0 aliphatic carbocycles. The molecule has 2 heterocycles. The van der Waals surface area contributed by atoms with E-state index in [1.807, 2.05) is 26.8 Å². The van der Waals surface area contributed by atoms with Gasteiger partial charge >= 0.3 is 0 Å². The van der Waals surface area contributed by atoms with Crippen LogP contribution in [0.5, 0.6) is 0 Å². The maximum absolute atomic E-state index is 12.7. The lowest BCUT2D eigenvalue weighted by Gasteiger charge is -2.24. The van der Waals surface area contributed by atoms with Gasteiger partial charge in [-0.3, -0.25) is 0 Å². The van der Waals surface area contributed by atoms with Crippen molar-refractivity contribution in [3.05, 3.63) is 24.0 Å². The Balaban J connectivity index is 2.00. The second-order valence-corrected chi connectivity index (χ2v) is 10.5. The maximum atomic E-state index is 12.7. The molecule has 0 atom stereocenters. The fourth-order valence-electron chi connectivity index (χ4n) is 3.58. The SMILES string of the molecule is CC(C)c1nc2cc(S(=O)(=O)NC(C)(C)C)ccc2n1CC1CCOCC1. The quantitative estimate of drug-likeness (QED) is 0.841. The Bertz CT molecular complexity index is 904. The van der Waals surface area contributed by atoms with Crippen molar-refractivity contribution in [3.63, 3.8) is 0 Å². The van der Waals surface area contributed by atoms with E-state index in [9.17, 15) is 8.42 Å². The minimum absolute atomic E-state index is 0.260. The number of benzene rings is 1. The Kier molecular flexibility index (Phi) is 5.66. The first-order valence-corrected chi connectivity index (χ1v) is 11.2. The molecular weight excluding hydrogens is 362 g/mol. The molecule has 0 bridgehead atoms. The lowest BCUT2D eigenvalue weighted by molar-refractivity contribution is 0.0613. The van der Waals surface area contributed by atoms with Crippen molar-refractivity contribution in [2.75, 3.05) is 13.2 Å². The molecule has 0 saturated carbocycles. The summed E-state index contributed by atoms with van der Waals surface area (Å²) in [6.45, 7) is 12.3. The van der Waals surface area contributed by atoms with Crippen molar-refractivity contribution < 1.29 is 13.2 Å². The number of nitrogens with zero attached hydrogens (tertiary/aromatic N) is 2. The number of fused-ring (bicyclic) bond motifs is 1. The monoisotopic (exact) mass is 393 g/mol. The molecule has 0 radical (unpaired) electrons. The van der Waals surface area contributed by atoms with E-state index in [0.29, 0.717) is 5.92 Å². The molecule has 1 fully saturated rings. The molecule has 1 aromatic heterocycles. The summed E-state index contributed by atoms with van der Waals surface area (Å²) in [5.41, 5.74) is 1.21. The average Bonchev–Trinajstić information content (AvgIpc) is 2.92. The largest absolute Gasteiger partial charge is 0.381 e. The Morgan fingerprint density at radius 1 is 1.26 bits per heavy atom. The lowest BCUT2D eigenvalue weighted by Crippen LogP contribution is -2.40. The van der Waals surface area contributed by atoms with Gasteiger partial charge in [-0.05, 0) is 57.7 Å². The number of aromatic nitrogens is 2. The molecule has 1 N–H and O–H groups in total. The highest BCUT2D eigenvalue weighted by Crippen LogP contribution is 2.28. The van der Waals surface area contributed by atoms with Gasteiger partial charge in [0.05, 0.1) is 15.9 Å². The summed E-state index contributed by atoms with van der Waals surface area (Å²) in [6.07, 6.45) is 2.11. The third-order valence-corrected chi connectivity index (χ3v) is 6.55. The van der Waals surface area contributed by atoms with Gasteiger partial charge in [-0.1, -0.05) is 13.8 Å². The molecule has 0 amide bonds. The zero-order valence-electron chi connectivity index (χ0n) is 16.9. The number of hydrogen-bond acceptors (Lipinski definition) is 4. The highest BCUT2D eigenvalue weighted by molar-refractivity contribution is 7.89. The van der Waals surface area contributed by atoms with E-state index in [4.69, 9.17) is 9.72 Å². The first kappa shape index (κ1) is 20.3. The molecule has 3 rings (SSSR count). The summed E-state index contributed by atoms with van der Waals surface area (Å²) in [5, 5.41) is 0. The number of sulfonamides is 1. The van der Waals surface area contributed by atoms with Gasteiger partial charge in [0.25, 0.3) is 0 Å². The van der Waals surface area contributed by atoms with E-state index in [0.717, 1.165) is 49.5 Å². The van der Waals surface area contributed by atoms with Crippen LogP contribution in [0.4, 0.5) is 0 Å². The van der Waals surface area contributed by atoms with E-state index in [2.05, 4.69) is 23.1 Å². The molecule has 1 aliphatic heterocycles. The van der Waals surface area contributed by atoms with Crippen molar-refractivity contribution >= 4 is 21.1 Å². The van der Waals surface area contributed by atoms with Crippen molar-refractivity contribution in [1.29, 1.82) is 0 Å². The smallest absolute Gasteiger partial charge is 0.241 e. The van der Waals surface area contributed by atoms with Crippen molar-refractivity contribution in [2.24, 2.45) is 5.92 Å². The van der Waals surface area contributed by atoms with E-state index in [-0.39, 0.29) is 10.8 Å². The van der Waals surface area contributed by atoms with Crippen LogP contribution >= 0.6 is 0 Å². The predicted molar refractivity (Wildman–Crippen MR) is 107 cm³/mol. The molecule has 1 saturated heterocycles. The minimum Gasteiger partial charge on any atom is -0.381 e. The first-order chi connectivity index (χ1) is 12.6. The molecule has 150 valence electrons. The number of imidazole rings is 1. The van der Waals surface area contributed by atoms with Gasteiger partial charge in [0.2, 0.25) is 10.0 Å². The average molecular weight is 394 g/mol. The Labute approximate surface area is 162 Å². The molecule has 2 aromatic rings. The molecular formula is C20H31N3O3S. The van der Waals surface area contributed by atoms with E-state index >= 15 is 0 Å². The minimum atomic E-state index is -3.58. The summed E-state index contributed by atoms with van der Waals surface area (Å²) in [6, 6.07) is 5.27. The van der Waals surface area contributed by atoms with Crippen LogP contribution in [-0.2, 0) is 21.3 Å². The number of rotatable bonds is 5. The summed E-state index contributed by atoms with van der Waals surface area (Å²) < 4.78 is 35.8. The maximum Gasteiger partial charge on any atom is 0.241 e. The molecule has 6 nitrogen and oxygen atoms in total. The fourth-order valence-corrected chi connectivity index (χ4v) is 5.02. The van der Waals surface area contributed by atoms with Gasteiger partial charge in [0.15, 0.2) is 0 Å². The van der Waals surface area contributed by atoms with Gasteiger partial charge < -0.3 is 9.30 Å². The number of hydrogen-bond donors (Lipinski definition) is 1. The molecule has 0 spiro atoms. The third-order valence-electron chi connectivity index (χ3n) is 4.80. The van der Waals surface area contributed by atoms with Gasteiger partial charge in [-0.25, -0.2) is 18.1 Å². The normalized spacial score (nSPS) is 17.1. The second kappa shape index (κ2) is 7.53. The van der Waals surface area contributed by atoms with Crippen molar-refractivity contribution in [3.8, 4) is 0 Å². The number of nitrogens with one attached hydrogen (secondary N) is 1. The zero-order valence-corrected chi connectivity index (χ0v) is 17.8. The van der Waals surface area contributed by atoms with Crippen LogP contribution in [0.3, 0.4) is 0 Å². The van der Waals surface area contributed by atoms with Gasteiger partial charge in [-0.15, -0.1) is 0 Å². The Hall–Kier alpha value is -1.44. The van der Waals surface area contributed by atoms with Crippen LogP contribution in [0.25, 0.3) is 11.0 Å². The first-order valence-electron chi connectivity index (χ1n) is 9.69. The summed E-state index contributed by atoms with van der Waals surface area (Å²) in [7, 11) is -3.58. The lowest BCUT2D eigenvalue weighted by atomic mass is 10.00. The van der Waals surface area contributed by atoms with Crippen LogP contribution in [0.2, 0.25) is 0 Å². The molecule has 1 aromatic carbocycles. The topological polar surface area (TPSA) is 73.2 Å². The molecule has 27 heavy (non-hydrogen) atoms. The molecule has 1 aliphatic rings. The highest BCUT2D eigenvalue weighted by Gasteiger charge is 2.24. The van der Waals surface area contributed by atoms with Gasteiger partial charge in [-0.2, -0.15) is 0 Å². The van der Waals surface area contributed by atoms with Crippen LogP contribution in [0.1, 0.15) is 59.2 Å². The highest BCUT2D eigenvalue weighted by atomic mass is 32.2. The summed E-state index contributed by atoms with van der Waals surface area (Å²) >= 11 is 0. The van der Waals surface area contributed by atoms with Crippen LogP contribution in [-0.4, -0.2) is 36.7 Å². The van der Waals surface area contributed by atoms with Crippen LogP contribution in [0.15, 0.2) is 23.1 Å². The third kappa shape index (κ3) is 4.70. The molecule has 7 heteroatoms. The molecule has 0 unspecified atom stereocenters. The van der Waals surface area contributed by atoms with Crippen molar-refractivity contribution in [2.45, 2.75) is 70.4 Å². The standard InChI is InChI=1S/C20H31N3O3S/c1-14(2)19-21-17-12-16(27(24,25)22-20(3,4)5)6-7-18(17)23(19)13-15-8-10-26-11-9-15/h6-7,12,14-15,22H,8-11,13H2,1-5H3. The van der Waals surface area contributed by atoms with E-state index in [1.54, 1.807) is 12.1 Å². The van der Waals surface area contributed by atoms with Crippen molar-refractivity contribution in [1.82, 2.24) is 14.3 Å². The summed E-state index contributed by atoms with van der Waals surface area (Å²) in [4.78, 5) is 5.05. The predicted octanol–water partition coefficient (Wildman–Crippen LogP) is 3.66. The summed E-state index contributed by atoms with van der Waals surface area (Å²) in [5.74, 6) is 1.85. The van der Waals surface area contributed by atoms with Crippen LogP contribution in [0, 0.1) is 5.92 Å². The fraction of sp³-hybridized carbons (Fsp3) is 0.650. The second-order valence-electron chi connectivity index (χ2n) is 8.80. The van der Waals surface area contributed by atoms with E-state index in [1.165, 1.54) is 0 Å². The van der Waals surface area contributed by atoms with Crippen LogP contribution < -0.4 is 4.72 Å². The number of ether oxygens (including phenoxy) is 1. The Morgan fingerprint density at radius 3 is 2.52 bits per heavy atom.